The minimum atomic E-state index is -0.351. The number of thiazole rings is 1. The monoisotopic (exact) mass is 253 g/mol. The molecule has 0 unspecified atom stereocenters. The summed E-state index contributed by atoms with van der Waals surface area (Å²) in [6.07, 6.45) is 1.50. The van der Waals surface area contributed by atoms with Gasteiger partial charge < -0.3 is 15.7 Å². The fraction of sp³-hybridized carbons (Fsp3) is 0.300. The van der Waals surface area contributed by atoms with Crippen LogP contribution in [0.4, 0.5) is 5.13 Å². The van der Waals surface area contributed by atoms with Crippen molar-refractivity contribution < 1.29 is 14.7 Å². The predicted molar refractivity (Wildman–Crippen MR) is 63.4 cm³/mol. The molecule has 6 nitrogen and oxygen atoms in total. The van der Waals surface area contributed by atoms with Gasteiger partial charge in [0.1, 0.15) is 6.61 Å². The van der Waals surface area contributed by atoms with Crippen molar-refractivity contribution in [1.82, 2.24) is 10.3 Å². The second-order valence-corrected chi connectivity index (χ2v) is 3.98. The summed E-state index contributed by atoms with van der Waals surface area (Å²) in [5, 5.41) is 13.8. The van der Waals surface area contributed by atoms with Crippen LogP contribution >= 0.6 is 11.3 Å². The van der Waals surface area contributed by atoms with Crippen LogP contribution in [0.15, 0.2) is 6.20 Å². The molecule has 1 heterocycles. The van der Waals surface area contributed by atoms with Gasteiger partial charge in [0.25, 0.3) is 0 Å². The summed E-state index contributed by atoms with van der Waals surface area (Å²) in [6.45, 7) is 1.02. The maximum absolute atomic E-state index is 11.3. The first-order valence-corrected chi connectivity index (χ1v) is 5.53. The molecule has 17 heavy (non-hydrogen) atoms. The van der Waals surface area contributed by atoms with Crippen molar-refractivity contribution in [3.63, 3.8) is 0 Å². The van der Waals surface area contributed by atoms with Crippen molar-refractivity contribution >= 4 is 28.3 Å². The number of aromatic nitrogens is 1. The summed E-state index contributed by atoms with van der Waals surface area (Å²) in [4.78, 5) is 26.5. The van der Waals surface area contributed by atoms with E-state index in [2.05, 4.69) is 27.5 Å². The van der Waals surface area contributed by atoms with Gasteiger partial charge in [-0.3, -0.25) is 9.59 Å². The second-order valence-electron chi connectivity index (χ2n) is 2.95. The van der Waals surface area contributed by atoms with Crippen molar-refractivity contribution in [2.75, 3.05) is 18.5 Å². The van der Waals surface area contributed by atoms with E-state index in [9.17, 15) is 9.59 Å². The largest absolute Gasteiger partial charge is 0.384 e. The van der Waals surface area contributed by atoms with Crippen LogP contribution < -0.4 is 10.6 Å². The fourth-order valence-electron chi connectivity index (χ4n) is 0.885. The van der Waals surface area contributed by atoms with Gasteiger partial charge in [-0.2, -0.15) is 0 Å². The first-order valence-electron chi connectivity index (χ1n) is 4.71. The van der Waals surface area contributed by atoms with E-state index in [1.807, 2.05) is 0 Å². The topological polar surface area (TPSA) is 91.3 Å². The van der Waals surface area contributed by atoms with Gasteiger partial charge >= 0.3 is 0 Å². The summed E-state index contributed by atoms with van der Waals surface area (Å²) >= 11 is 1.19. The van der Waals surface area contributed by atoms with Crippen LogP contribution in [-0.4, -0.2) is 35.1 Å². The lowest BCUT2D eigenvalue weighted by Crippen LogP contribution is -2.31. The minimum Gasteiger partial charge on any atom is -0.384 e. The normalized spacial score (nSPS) is 9.06. The molecular formula is C10H11N3O3S. The maximum Gasteiger partial charge on any atom is 0.245 e. The van der Waals surface area contributed by atoms with E-state index in [-0.39, 0.29) is 25.0 Å². The first-order chi connectivity index (χ1) is 8.11. The van der Waals surface area contributed by atoms with Crippen LogP contribution in [0.5, 0.6) is 0 Å². The Labute approximate surface area is 102 Å². The summed E-state index contributed by atoms with van der Waals surface area (Å²) in [5.74, 6) is 4.53. The molecule has 0 aliphatic heterocycles. The number of hydrogen-bond acceptors (Lipinski definition) is 5. The Hall–Kier alpha value is -1.91. The number of carbonyl (C=O) groups excluding carboxylic acids is 2. The third kappa shape index (κ3) is 5.10. The smallest absolute Gasteiger partial charge is 0.245 e. The zero-order chi connectivity index (χ0) is 12.7. The predicted octanol–water partition coefficient (Wildman–Crippen LogP) is -0.439. The van der Waals surface area contributed by atoms with Gasteiger partial charge in [0, 0.05) is 6.92 Å². The van der Waals surface area contributed by atoms with Crippen molar-refractivity contribution in [1.29, 1.82) is 0 Å². The first kappa shape index (κ1) is 13.2. The molecule has 0 saturated heterocycles. The zero-order valence-electron chi connectivity index (χ0n) is 9.11. The number of rotatable bonds is 3. The molecule has 1 aromatic heterocycles. The minimum absolute atomic E-state index is 0.0907. The van der Waals surface area contributed by atoms with Crippen LogP contribution in [0.2, 0.25) is 0 Å². The third-order valence-electron chi connectivity index (χ3n) is 1.54. The maximum atomic E-state index is 11.3. The Morgan fingerprint density at radius 3 is 3.00 bits per heavy atom. The zero-order valence-corrected chi connectivity index (χ0v) is 9.93. The van der Waals surface area contributed by atoms with Crippen LogP contribution in [0.3, 0.4) is 0 Å². The van der Waals surface area contributed by atoms with Gasteiger partial charge in [-0.1, -0.05) is 23.2 Å². The quantitative estimate of drug-likeness (QED) is 0.637. The van der Waals surface area contributed by atoms with Crippen molar-refractivity contribution in [2.45, 2.75) is 6.92 Å². The van der Waals surface area contributed by atoms with E-state index >= 15 is 0 Å². The highest BCUT2D eigenvalue weighted by Gasteiger charge is 2.05. The number of amides is 2. The van der Waals surface area contributed by atoms with E-state index in [4.69, 9.17) is 5.11 Å². The van der Waals surface area contributed by atoms with Gasteiger partial charge in [0.15, 0.2) is 5.13 Å². The van der Waals surface area contributed by atoms with Gasteiger partial charge in [-0.05, 0) is 0 Å². The van der Waals surface area contributed by atoms with Gasteiger partial charge in [-0.25, -0.2) is 4.98 Å². The number of aliphatic hydroxyl groups is 1. The van der Waals surface area contributed by atoms with E-state index in [0.29, 0.717) is 10.0 Å². The van der Waals surface area contributed by atoms with Gasteiger partial charge in [0.05, 0.1) is 17.6 Å². The van der Waals surface area contributed by atoms with Crippen LogP contribution in [0, 0.1) is 11.8 Å². The molecule has 0 atom stereocenters. The van der Waals surface area contributed by atoms with E-state index in [1.54, 1.807) is 0 Å². The SMILES string of the molecule is CC(=O)NCC(=O)Nc1ncc(C#CCO)s1. The molecule has 90 valence electrons. The van der Waals surface area contributed by atoms with Crippen molar-refractivity contribution in [3.8, 4) is 11.8 Å². The lowest BCUT2D eigenvalue weighted by Gasteiger charge is -2.01. The van der Waals surface area contributed by atoms with E-state index in [0.717, 1.165) is 0 Å². The highest BCUT2D eigenvalue weighted by atomic mass is 32.1. The Balaban J connectivity index is 2.48. The second kappa shape index (κ2) is 6.62. The fourth-order valence-corrected chi connectivity index (χ4v) is 1.59. The molecule has 7 heteroatoms. The molecule has 0 spiro atoms. The standard InChI is InChI=1S/C10H11N3O3S/c1-7(15)11-6-9(16)13-10-12-5-8(17-10)3-2-4-14/h5,14H,4,6H2,1H3,(H,11,15)(H,12,13,16). The molecule has 0 saturated carbocycles. The summed E-state index contributed by atoms with van der Waals surface area (Å²) < 4.78 is 0. The number of carbonyl (C=O) groups is 2. The molecule has 0 bridgehead atoms. The van der Waals surface area contributed by atoms with Crippen LogP contribution in [-0.2, 0) is 9.59 Å². The van der Waals surface area contributed by atoms with Crippen LogP contribution in [0.1, 0.15) is 11.8 Å². The highest BCUT2D eigenvalue weighted by Crippen LogP contribution is 2.16. The number of anilines is 1. The number of nitrogens with zero attached hydrogens (tertiary/aromatic N) is 1. The molecule has 2 amide bonds. The van der Waals surface area contributed by atoms with Crippen molar-refractivity contribution in [3.05, 3.63) is 11.1 Å². The lowest BCUT2D eigenvalue weighted by molar-refractivity contribution is -0.122. The Morgan fingerprint density at radius 2 is 2.35 bits per heavy atom. The molecule has 1 rings (SSSR count). The molecule has 0 fully saturated rings. The summed E-state index contributed by atoms with van der Waals surface area (Å²) in [7, 11) is 0. The van der Waals surface area contributed by atoms with Gasteiger partial charge in [-0.15, -0.1) is 0 Å². The molecule has 3 N–H and O–H groups in total. The molecular weight excluding hydrogens is 242 g/mol. The van der Waals surface area contributed by atoms with E-state index < -0.39 is 0 Å². The average Bonchev–Trinajstić information content (AvgIpc) is 2.71. The molecule has 0 aliphatic carbocycles. The summed E-state index contributed by atoms with van der Waals surface area (Å²) in [6, 6.07) is 0. The molecule has 1 aromatic rings. The number of aliphatic hydroxyl groups excluding tert-OH is 1. The molecule has 0 aromatic carbocycles. The van der Waals surface area contributed by atoms with Gasteiger partial charge in [0.2, 0.25) is 11.8 Å². The molecule has 0 aliphatic rings. The number of nitrogens with one attached hydrogen (secondary N) is 2. The Morgan fingerprint density at radius 1 is 1.59 bits per heavy atom. The van der Waals surface area contributed by atoms with Crippen LogP contribution in [0.25, 0.3) is 0 Å². The summed E-state index contributed by atoms with van der Waals surface area (Å²) in [5.41, 5.74) is 0. The Kier molecular flexibility index (Phi) is 5.13. The average molecular weight is 253 g/mol. The molecule has 0 radical (unpaired) electrons. The van der Waals surface area contributed by atoms with E-state index in [1.165, 1.54) is 24.5 Å². The third-order valence-corrected chi connectivity index (χ3v) is 2.37. The Bertz CT molecular complexity index is 473. The van der Waals surface area contributed by atoms with Crippen molar-refractivity contribution in [2.24, 2.45) is 0 Å². The lowest BCUT2D eigenvalue weighted by atomic mass is 10.5. The highest BCUT2D eigenvalue weighted by molar-refractivity contribution is 7.16. The number of hydrogen-bond donors (Lipinski definition) is 3.